The molecule has 0 spiro atoms. The van der Waals surface area contributed by atoms with Crippen molar-refractivity contribution in [2.24, 2.45) is 0 Å². The van der Waals surface area contributed by atoms with Crippen LogP contribution in [0.15, 0.2) is 71.4 Å². The van der Waals surface area contributed by atoms with Gasteiger partial charge in [-0.2, -0.15) is 4.98 Å². The SMILES string of the molecule is Cc1nccc(-c2cccc(-c3noc(CN(Cc4ccccc4)[C@H](C)CO)n3)c2)n1. The second-order valence-corrected chi connectivity index (χ2v) is 7.50. The van der Waals surface area contributed by atoms with E-state index in [0.717, 1.165) is 28.2 Å². The Morgan fingerprint density at radius 2 is 1.77 bits per heavy atom. The number of hydrogen-bond acceptors (Lipinski definition) is 7. The summed E-state index contributed by atoms with van der Waals surface area (Å²) in [5.74, 6) is 1.76. The average Bonchev–Trinajstić information content (AvgIpc) is 3.27. The maximum Gasteiger partial charge on any atom is 0.241 e. The normalized spacial score (nSPS) is 12.3. The summed E-state index contributed by atoms with van der Waals surface area (Å²) < 4.78 is 5.54. The molecule has 2 aromatic heterocycles. The Morgan fingerprint density at radius 1 is 0.968 bits per heavy atom. The van der Waals surface area contributed by atoms with E-state index in [-0.39, 0.29) is 12.6 Å². The van der Waals surface area contributed by atoms with Crippen LogP contribution in [-0.2, 0) is 13.1 Å². The molecular formula is C24H25N5O2. The van der Waals surface area contributed by atoms with Crippen LogP contribution in [-0.4, -0.2) is 42.8 Å². The molecular weight excluding hydrogens is 390 g/mol. The Kier molecular flexibility index (Phi) is 6.45. The molecule has 0 amide bonds. The average molecular weight is 415 g/mol. The van der Waals surface area contributed by atoms with E-state index in [4.69, 9.17) is 4.52 Å². The zero-order chi connectivity index (χ0) is 21.6. The van der Waals surface area contributed by atoms with Crippen LogP contribution in [0, 0.1) is 6.92 Å². The molecule has 0 aliphatic carbocycles. The molecule has 0 unspecified atom stereocenters. The molecule has 4 aromatic rings. The minimum Gasteiger partial charge on any atom is -0.395 e. The lowest BCUT2D eigenvalue weighted by molar-refractivity contribution is 0.109. The Labute approximate surface area is 181 Å². The third kappa shape index (κ3) is 5.20. The molecule has 4 rings (SSSR count). The van der Waals surface area contributed by atoms with Crippen molar-refractivity contribution in [2.75, 3.05) is 6.61 Å². The molecule has 0 radical (unpaired) electrons. The van der Waals surface area contributed by atoms with Gasteiger partial charge >= 0.3 is 0 Å². The first kappa shape index (κ1) is 20.8. The number of nitrogens with zero attached hydrogens (tertiary/aromatic N) is 5. The lowest BCUT2D eigenvalue weighted by Crippen LogP contribution is -2.34. The lowest BCUT2D eigenvalue weighted by atomic mass is 10.1. The molecule has 1 atom stereocenters. The Balaban J connectivity index is 1.54. The second-order valence-electron chi connectivity index (χ2n) is 7.50. The quantitative estimate of drug-likeness (QED) is 0.467. The molecule has 0 aliphatic rings. The second kappa shape index (κ2) is 9.59. The summed E-state index contributed by atoms with van der Waals surface area (Å²) in [6.45, 7) is 5.03. The van der Waals surface area contributed by atoms with E-state index in [1.807, 2.05) is 62.4 Å². The van der Waals surface area contributed by atoms with Crippen LogP contribution in [0.5, 0.6) is 0 Å². The number of aryl methyl sites for hydroxylation is 1. The monoisotopic (exact) mass is 415 g/mol. The number of aliphatic hydroxyl groups excluding tert-OH is 1. The van der Waals surface area contributed by atoms with Gasteiger partial charge in [-0.15, -0.1) is 0 Å². The summed E-state index contributed by atoms with van der Waals surface area (Å²) in [6.07, 6.45) is 1.75. The summed E-state index contributed by atoms with van der Waals surface area (Å²) in [5, 5.41) is 13.9. The fraction of sp³-hybridized carbons (Fsp3) is 0.250. The standard InChI is InChI=1S/C24H25N5O2/c1-17(16-30)29(14-19-7-4-3-5-8-19)15-23-27-24(28-31-23)21-10-6-9-20(13-21)22-11-12-25-18(2)26-22/h3-13,17,30H,14-16H2,1-2H3/t17-/m1/s1. The number of aliphatic hydroxyl groups is 1. The number of benzene rings is 2. The topological polar surface area (TPSA) is 88.2 Å². The summed E-state index contributed by atoms with van der Waals surface area (Å²) in [6, 6.07) is 19.9. The van der Waals surface area contributed by atoms with Crippen molar-refractivity contribution in [1.29, 1.82) is 0 Å². The molecule has 2 aromatic carbocycles. The first-order valence-corrected chi connectivity index (χ1v) is 10.2. The molecule has 0 aliphatic heterocycles. The van der Waals surface area contributed by atoms with Crippen molar-refractivity contribution >= 4 is 0 Å². The van der Waals surface area contributed by atoms with Crippen molar-refractivity contribution in [3.05, 3.63) is 84.1 Å². The third-order valence-corrected chi connectivity index (χ3v) is 5.12. The maximum absolute atomic E-state index is 9.68. The Bertz CT molecular complexity index is 1130. The van der Waals surface area contributed by atoms with E-state index < -0.39 is 0 Å². The van der Waals surface area contributed by atoms with Crippen LogP contribution >= 0.6 is 0 Å². The molecule has 31 heavy (non-hydrogen) atoms. The van der Waals surface area contributed by atoms with Gasteiger partial charge < -0.3 is 9.63 Å². The van der Waals surface area contributed by atoms with Crippen molar-refractivity contribution < 1.29 is 9.63 Å². The van der Waals surface area contributed by atoms with E-state index in [1.54, 1.807) is 6.20 Å². The van der Waals surface area contributed by atoms with Gasteiger partial charge in [-0.25, -0.2) is 9.97 Å². The summed E-state index contributed by atoms with van der Waals surface area (Å²) >= 11 is 0. The van der Waals surface area contributed by atoms with Crippen LogP contribution in [0.3, 0.4) is 0 Å². The van der Waals surface area contributed by atoms with Crippen LogP contribution in [0.4, 0.5) is 0 Å². The lowest BCUT2D eigenvalue weighted by Gasteiger charge is -2.26. The molecule has 0 saturated heterocycles. The van der Waals surface area contributed by atoms with Gasteiger partial charge in [0.15, 0.2) is 0 Å². The number of aromatic nitrogens is 4. The first-order valence-electron chi connectivity index (χ1n) is 10.2. The highest BCUT2D eigenvalue weighted by molar-refractivity contribution is 5.67. The van der Waals surface area contributed by atoms with Crippen LogP contribution in [0.2, 0.25) is 0 Å². The van der Waals surface area contributed by atoms with Gasteiger partial charge in [0.2, 0.25) is 11.7 Å². The van der Waals surface area contributed by atoms with Crippen molar-refractivity contribution in [1.82, 2.24) is 25.0 Å². The molecule has 0 fully saturated rings. The molecule has 158 valence electrons. The van der Waals surface area contributed by atoms with E-state index in [0.29, 0.717) is 24.8 Å². The van der Waals surface area contributed by atoms with Crippen LogP contribution < -0.4 is 0 Å². The highest BCUT2D eigenvalue weighted by Gasteiger charge is 2.18. The predicted molar refractivity (Wildman–Crippen MR) is 118 cm³/mol. The minimum absolute atomic E-state index is 0.0418. The van der Waals surface area contributed by atoms with Crippen LogP contribution in [0.25, 0.3) is 22.6 Å². The van der Waals surface area contributed by atoms with Gasteiger partial charge in [0, 0.05) is 29.9 Å². The first-order chi connectivity index (χ1) is 15.1. The van der Waals surface area contributed by atoms with Crippen molar-refractivity contribution in [3.8, 4) is 22.6 Å². The fourth-order valence-corrected chi connectivity index (χ4v) is 3.35. The molecule has 0 bridgehead atoms. The molecule has 2 heterocycles. The Morgan fingerprint density at radius 3 is 2.55 bits per heavy atom. The minimum atomic E-state index is -0.0418. The number of rotatable bonds is 8. The van der Waals surface area contributed by atoms with Gasteiger partial charge in [0.1, 0.15) is 5.82 Å². The Hall–Kier alpha value is -3.42. The summed E-state index contributed by atoms with van der Waals surface area (Å²) in [4.78, 5) is 15.4. The van der Waals surface area contributed by atoms with Gasteiger partial charge in [0.25, 0.3) is 0 Å². The van der Waals surface area contributed by atoms with E-state index in [1.165, 1.54) is 0 Å². The van der Waals surface area contributed by atoms with Gasteiger partial charge in [-0.1, -0.05) is 53.7 Å². The smallest absolute Gasteiger partial charge is 0.241 e. The van der Waals surface area contributed by atoms with Gasteiger partial charge in [0.05, 0.1) is 18.8 Å². The van der Waals surface area contributed by atoms with E-state index in [9.17, 15) is 5.11 Å². The highest BCUT2D eigenvalue weighted by Crippen LogP contribution is 2.24. The zero-order valence-electron chi connectivity index (χ0n) is 17.6. The van der Waals surface area contributed by atoms with E-state index >= 15 is 0 Å². The maximum atomic E-state index is 9.68. The van der Waals surface area contributed by atoms with Crippen molar-refractivity contribution in [3.63, 3.8) is 0 Å². The molecule has 1 N–H and O–H groups in total. The molecule has 0 saturated carbocycles. The fourth-order valence-electron chi connectivity index (χ4n) is 3.35. The summed E-state index contributed by atoms with van der Waals surface area (Å²) in [7, 11) is 0. The third-order valence-electron chi connectivity index (χ3n) is 5.12. The van der Waals surface area contributed by atoms with Gasteiger partial charge in [-0.3, -0.25) is 4.90 Å². The molecule has 7 heteroatoms. The van der Waals surface area contributed by atoms with E-state index in [2.05, 4.69) is 37.1 Å². The highest BCUT2D eigenvalue weighted by atomic mass is 16.5. The summed E-state index contributed by atoms with van der Waals surface area (Å²) in [5.41, 5.74) is 3.83. The van der Waals surface area contributed by atoms with Crippen molar-refractivity contribution in [2.45, 2.75) is 33.0 Å². The van der Waals surface area contributed by atoms with Gasteiger partial charge in [-0.05, 0) is 31.5 Å². The predicted octanol–water partition coefficient (Wildman–Crippen LogP) is 3.89. The molecule has 7 nitrogen and oxygen atoms in total. The largest absolute Gasteiger partial charge is 0.395 e. The van der Waals surface area contributed by atoms with Crippen LogP contribution in [0.1, 0.15) is 24.2 Å². The number of hydrogen-bond donors (Lipinski definition) is 1. The zero-order valence-corrected chi connectivity index (χ0v) is 17.6.